The molecule has 2 nitrogen and oxygen atoms in total. The van der Waals surface area contributed by atoms with E-state index in [1.54, 1.807) is 0 Å². The van der Waals surface area contributed by atoms with Crippen molar-refractivity contribution in [3.63, 3.8) is 0 Å². The van der Waals surface area contributed by atoms with Crippen LogP contribution in [0.2, 0.25) is 0 Å². The second kappa shape index (κ2) is 5.87. The Kier molecular flexibility index (Phi) is 4.34. The van der Waals surface area contributed by atoms with E-state index in [9.17, 15) is 13.2 Å². The van der Waals surface area contributed by atoms with Crippen molar-refractivity contribution in [2.45, 2.75) is 26.8 Å². The van der Waals surface area contributed by atoms with Crippen LogP contribution >= 0.6 is 0 Å². The molecule has 21 heavy (non-hydrogen) atoms. The van der Waals surface area contributed by atoms with Crippen LogP contribution in [0.5, 0.6) is 0 Å². The zero-order chi connectivity index (χ0) is 15.7. The van der Waals surface area contributed by atoms with Crippen LogP contribution in [0, 0.1) is 38.2 Å². The van der Waals surface area contributed by atoms with Crippen LogP contribution in [-0.2, 0) is 0 Å². The molecular weight excluding hydrogens is 277 g/mol. The quantitative estimate of drug-likeness (QED) is 0.516. The minimum Gasteiger partial charge on any atom is -0.271 e. The van der Waals surface area contributed by atoms with Crippen molar-refractivity contribution in [1.29, 1.82) is 0 Å². The number of hydrazine groups is 1. The topological polar surface area (TPSA) is 38.0 Å². The van der Waals surface area contributed by atoms with Gasteiger partial charge in [-0.2, -0.15) is 0 Å². The van der Waals surface area contributed by atoms with Gasteiger partial charge < -0.3 is 0 Å². The Hall–Kier alpha value is -1.85. The van der Waals surface area contributed by atoms with Crippen LogP contribution in [0.4, 0.5) is 13.2 Å². The van der Waals surface area contributed by atoms with Crippen molar-refractivity contribution in [3.05, 3.63) is 69.5 Å². The maximum Gasteiger partial charge on any atom is 0.194 e. The Labute approximate surface area is 121 Å². The zero-order valence-electron chi connectivity index (χ0n) is 12.1. The van der Waals surface area contributed by atoms with Crippen LogP contribution in [0.1, 0.15) is 33.9 Å². The van der Waals surface area contributed by atoms with Gasteiger partial charge in [0.25, 0.3) is 0 Å². The van der Waals surface area contributed by atoms with E-state index < -0.39 is 23.5 Å². The summed E-state index contributed by atoms with van der Waals surface area (Å²) in [5.74, 6) is 1.60. The van der Waals surface area contributed by atoms with E-state index in [1.807, 2.05) is 32.9 Å². The molecule has 0 amide bonds. The van der Waals surface area contributed by atoms with E-state index in [0.29, 0.717) is 0 Å². The maximum absolute atomic E-state index is 13.4. The summed E-state index contributed by atoms with van der Waals surface area (Å²) in [6.07, 6.45) is 0. The molecule has 0 aromatic heterocycles. The largest absolute Gasteiger partial charge is 0.271 e. The van der Waals surface area contributed by atoms with Gasteiger partial charge in [0.2, 0.25) is 0 Å². The third-order valence-electron chi connectivity index (χ3n) is 3.70. The Balaban J connectivity index is 2.57. The van der Waals surface area contributed by atoms with Gasteiger partial charge in [0, 0.05) is 0 Å². The molecule has 1 unspecified atom stereocenters. The number of aryl methyl sites for hydroxylation is 3. The smallest absolute Gasteiger partial charge is 0.194 e. The van der Waals surface area contributed by atoms with Gasteiger partial charge in [0.1, 0.15) is 0 Å². The summed E-state index contributed by atoms with van der Waals surface area (Å²) in [7, 11) is 0. The highest BCUT2D eigenvalue weighted by molar-refractivity contribution is 5.42. The van der Waals surface area contributed by atoms with Gasteiger partial charge in [-0.1, -0.05) is 12.1 Å². The lowest BCUT2D eigenvalue weighted by atomic mass is 9.92. The fourth-order valence-corrected chi connectivity index (χ4v) is 2.40. The van der Waals surface area contributed by atoms with Gasteiger partial charge in [-0.3, -0.25) is 5.84 Å². The minimum atomic E-state index is -1.48. The van der Waals surface area contributed by atoms with Crippen molar-refractivity contribution in [1.82, 2.24) is 5.43 Å². The van der Waals surface area contributed by atoms with Gasteiger partial charge in [-0.25, -0.2) is 18.6 Å². The molecule has 0 saturated carbocycles. The first kappa shape index (κ1) is 15.5. The van der Waals surface area contributed by atoms with Gasteiger partial charge in [0.15, 0.2) is 17.5 Å². The summed E-state index contributed by atoms with van der Waals surface area (Å²) in [6.45, 7) is 5.81. The lowest BCUT2D eigenvalue weighted by Gasteiger charge is -2.21. The molecule has 0 radical (unpaired) electrons. The number of hydrogen-bond acceptors (Lipinski definition) is 2. The number of rotatable bonds is 3. The van der Waals surface area contributed by atoms with Crippen LogP contribution in [0.15, 0.2) is 24.3 Å². The van der Waals surface area contributed by atoms with Crippen LogP contribution in [0.25, 0.3) is 0 Å². The van der Waals surface area contributed by atoms with Gasteiger partial charge in [0.05, 0.1) is 6.04 Å². The summed E-state index contributed by atoms with van der Waals surface area (Å²) in [4.78, 5) is 0. The molecule has 0 saturated heterocycles. The third-order valence-corrected chi connectivity index (χ3v) is 3.70. The second-order valence-corrected chi connectivity index (χ2v) is 5.19. The molecule has 0 spiro atoms. The highest BCUT2D eigenvalue weighted by Gasteiger charge is 2.20. The number of halogens is 3. The molecular formula is C16H17F3N2. The molecule has 2 rings (SSSR count). The van der Waals surface area contributed by atoms with E-state index in [1.165, 1.54) is 0 Å². The third kappa shape index (κ3) is 2.94. The monoisotopic (exact) mass is 294 g/mol. The van der Waals surface area contributed by atoms with E-state index in [2.05, 4.69) is 5.43 Å². The number of hydrogen-bond donors (Lipinski definition) is 2. The zero-order valence-corrected chi connectivity index (χ0v) is 12.1. The van der Waals surface area contributed by atoms with Gasteiger partial charge in [-0.05, 0) is 60.7 Å². The van der Waals surface area contributed by atoms with Crippen molar-refractivity contribution in [3.8, 4) is 0 Å². The fraction of sp³-hybridized carbons (Fsp3) is 0.250. The number of nitrogens with one attached hydrogen (secondary N) is 1. The predicted octanol–water partition coefficient (Wildman–Crippen LogP) is 3.58. The standard InChI is InChI=1S/C16H17F3N2/c1-8-4-10(3)12(5-9(8)2)16(21-20)11-6-13(17)15(19)14(18)7-11/h4-7,16,21H,20H2,1-3H3. The average Bonchev–Trinajstić information content (AvgIpc) is 2.42. The molecule has 2 aromatic carbocycles. The maximum atomic E-state index is 13.4. The van der Waals surface area contributed by atoms with E-state index in [0.717, 1.165) is 34.4 Å². The van der Waals surface area contributed by atoms with Crippen LogP contribution < -0.4 is 11.3 Å². The summed E-state index contributed by atoms with van der Waals surface area (Å²) >= 11 is 0. The molecule has 0 aliphatic rings. The first-order valence-electron chi connectivity index (χ1n) is 6.53. The van der Waals surface area contributed by atoms with Crippen molar-refractivity contribution < 1.29 is 13.2 Å². The molecule has 5 heteroatoms. The Morgan fingerprint density at radius 2 is 1.38 bits per heavy atom. The fourth-order valence-electron chi connectivity index (χ4n) is 2.40. The molecule has 0 heterocycles. The van der Waals surface area contributed by atoms with E-state index in [4.69, 9.17) is 5.84 Å². The van der Waals surface area contributed by atoms with Crippen molar-refractivity contribution in [2.24, 2.45) is 5.84 Å². The molecule has 2 aromatic rings. The number of benzene rings is 2. The first-order chi connectivity index (χ1) is 9.85. The average molecular weight is 294 g/mol. The van der Waals surface area contributed by atoms with Crippen LogP contribution in [0.3, 0.4) is 0 Å². The first-order valence-corrected chi connectivity index (χ1v) is 6.53. The Morgan fingerprint density at radius 3 is 1.90 bits per heavy atom. The molecule has 1 atom stereocenters. The second-order valence-electron chi connectivity index (χ2n) is 5.19. The van der Waals surface area contributed by atoms with Crippen LogP contribution in [-0.4, -0.2) is 0 Å². The molecule has 0 fully saturated rings. The van der Waals surface area contributed by atoms with Crippen molar-refractivity contribution >= 4 is 0 Å². The van der Waals surface area contributed by atoms with Crippen molar-refractivity contribution in [2.75, 3.05) is 0 Å². The summed E-state index contributed by atoms with van der Waals surface area (Å²) in [5.41, 5.74) is 6.67. The predicted molar refractivity (Wildman–Crippen MR) is 76.1 cm³/mol. The van der Waals surface area contributed by atoms with Gasteiger partial charge >= 0.3 is 0 Å². The lowest BCUT2D eigenvalue weighted by Crippen LogP contribution is -2.29. The van der Waals surface area contributed by atoms with E-state index >= 15 is 0 Å². The van der Waals surface area contributed by atoms with E-state index in [-0.39, 0.29) is 5.56 Å². The molecule has 0 bridgehead atoms. The molecule has 0 aliphatic carbocycles. The molecule has 112 valence electrons. The normalized spacial score (nSPS) is 12.5. The molecule has 3 N–H and O–H groups in total. The SMILES string of the molecule is Cc1cc(C)c(C(NN)c2cc(F)c(F)c(F)c2)cc1C. The lowest BCUT2D eigenvalue weighted by molar-refractivity contribution is 0.442. The summed E-state index contributed by atoms with van der Waals surface area (Å²) in [5, 5.41) is 0. The molecule has 0 aliphatic heterocycles. The minimum absolute atomic E-state index is 0.236. The Morgan fingerprint density at radius 1 is 0.857 bits per heavy atom. The Bertz CT molecular complexity index is 660. The number of nitrogens with two attached hydrogens (primary N) is 1. The summed E-state index contributed by atoms with van der Waals surface area (Å²) < 4.78 is 39.9. The summed E-state index contributed by atoms with van der Waals surface area (Å²) in [6, 6.07) is 5.18. The highest BCUT2D eigenvalue weighted by Crippen LogP contribution is 2.28. The highest BCUT2D eigenvalue weighted by atomic mass is 19.2. The van der Waals surface area contributed by atoms with Gasteiger partial charge in [-0.15, -0.1) is 0 Å².